The van der Waals surface area contributed by atoms with Gasteiger partial charge < -0.3 is 19.0 Å². The van der Waals surface area contributed by atoms with E-state index in [-0.39, 0.29) is 11.1 Å². The average Bonchev–Trinajstić information content (AvgIpc) is 3.00. The lowest BCUT2D eigenvalue weighted by Crippen LogP contribution is -2.11. The number of ether oxygens (including phenoxy) is 2. The predicted octanol–water partition coefficient (Wildman–Crippen LogP) is 1.86. The van der Waals surface area contributed by atoms with Crippen LogP contribution in [0.25, 0.3) is 11.4 Å². The van der Waals surface area contributed by atoms with Crippen molar-refractivity contribution in [2.75, 3.05) is 14.2 Å². The summed E-state index contributed by atoms with van der Waals surface area (Å²) in [6.45, 7) is 3.39. The number of esters is 2. The van der Waals surface area contributed by atoms with Gasteiger partial charge in [0.1, 0.15) is 17.0 Å². The molecule has 2 aromatic rings. The van der Waals surface area contributed by atoms with Gasteiger partial charge in [-0.1, -0.05) is 5.16 Å². The second kappa shape index (κ2) is 5.20. The molecule has 2 rings (SSSR count). The molecule has 0 aliphatic rings. The van der Waals surface area contributed by atoms with Crippen LogP contribution >= 0.6 is 0 Å². The Hall–Kier alpha value is -2.57. The molecule has 20 heavy (non-hydrogen) atoms. The topological polar surface area (TPSA) is 94.4 Å². The van der Waals surface area contributed by atoms with Gasteiger partial charge in [-0.2, -0.15) is 0 Å². The van der Waals surface area contributed by atoms with Crippen molar-refractivity contribution in [3.05, 3.63) is 28.6 Å². The number of hydrogen-bond acceptors (Lipinski definition) is 6. The molecule has 0 aromatic carbocycles. The van der Waals surface area contributed by atoms with E-state index in [1.807, 2.05) is 0 Å². The molecule has 106 valence electrons. The molecule has 1 N–H and O–H groups in total. The molecule has 0 aliphatic heterocycles. The van der Waals surface area contributed by atoms with E-state index >= 15 is 0 Å². The van der Waals surface area contributed by atoms with Crippen LogP contribution in [0.1, 0.15) is 32.2 Å². The van der Waals surface area contributed by atoms with Gasteiger partial charge in [0.05, 0.1) is 25.5 Å². The normalized spacial score (nSPS) is 10.4. The third kappa shape index (κ3) is 2.18. The number of carbonyl (C=O) groups excluding carboxylic acids is 2. The van der Waals surface area contributed by atoms with Crippen LogP contribution in [0.4, 0.5) is 0 Å². The highest BCUT2D eigenvalue weighted by Gasteiger charge is 2.29. The molecular weight excluding hydrogens is 264 g/mol. The Balaban J connectivity index is 2.69. The lowest BCUT2D eigenvalue weighted by atomic mass is 10.1. The highest BCUT2D eigenvalue weighted by Crippen LogP contribution is 2.29. The Labute approximate surface area is 114 Å². The van der Waals surface area contributed by atoms with Gasteiger partial charge in [0.15, 0.2) is 0 Å². The van der Waals surface area contributed by atoms with Crippen molar-refractivity contribution in [2.24, 2.45) is 0 Å². The lowest BCUT2D eigenvalue weighted by molar-refractivity contribution is 0.0556. The second-order valence-corrected chi connectivity index (χ2v) is 4.18. The number of aryl methyl sites for hydroxylation is 2. The first kappa shape index (κ1) is 13.9. The van der Waals surface area contributed by atoms with Crippen LogP contribution in [-0.2, 0) is 9.47 Å². The van der Waals surface area contributed by atoms with E-state index < -0.39 is 11.9 Å². The van der Waals surface area contributed by atoms with Crippen LogP contribution in [0.3, 0.4) is 0 Å². The zero-order valence-electron chi connectivity index (χ0n) is 11.6. The number of nitrogens with zero attached hydrogens (tertiary/aromatic N) is 1. The summed E-state index contributed by atoms with van der Waals surface area (Å²) in [5.41, 5.74) is 1.50. The highest BCUT2D eigenvalue weighted by molar-refractivity contribution is 6.08. The fourth-order valence-electron chi connectivity index (χ4n) is 1.96. The Morgan fingerprint density at radius 2 is 1.75 bits per heavy atom. The van der Waals surface area contributed by atoms with Crippen molar-refractivity contribution in [1.82, 2.24) is 10.1 Å². The van der Waals surface area contributed by atoms with E-state index in [0.29, 0.717) is 22.8 Å². The molecule has 2 heterocycles. The molecule has 2 aromatic heterocycles. The largest absolute Gasteiger partial charge is 0.465 e. The molecule has 0 radical (unpaired) electrons. The van der Waals surface area contributed by atoms with Crippen LogP contribution < -0.4 is 0 Å². The average molecular weight is 278 g/mol. The van der Waals surface area contributed by atoms with Gasteiger partial charge in [-0.25, -0.2) is 9.59 Å². The summed E-state index contributed by atoms with van der Waals surface area (Å²) in [5, 5.41) is 3.84. The summed E-state index contributed by atoms with van der Waals surface area (Å²) in [6, 6.07) is 1.65. The highest BCUT2D eigenvalue weighted by atomic mass is 16.5. The van der Waals surface area contributed by atoms with Crippen LogP contribution in [0.5, 0.6) is 0 Å². The Bertz CT molecular complexity index is 668. The van der Waals surface area contributed by atoms with Crippen LogP contribution in [-0.4, -0.2) is 36.3 Å². The number of rotatable bonds is 3. The Morgan fingerprint density at radius 3 is 2.25 bits per heavy atom. The molecule has 7 nitrogen and oxygen atoms in total. The van der Waals surface area contributed by atoms with Gasteiger partial charge in [0, 0.05) is 11.8 Å². The first-order chi connectivity index (χ1) is 9.49. The lowest BCUT2D eigenvalue weighted by Gasteiger charge is -2.03. The van der Waals surface area contributed by atoms with Crippen LogP contribution in [0.15, 0.2) is 10.6 Å². The summed E-state index contributed by atoms with van der Waals surface area (Å²) < 4.78 is 14.4. The quantitative estimate of drug-likeness (QED) is 0.861. The second-order valence-electron chi connectivity index (χ2n) is 4.18. The van der Waals surface area contributed by atoms with E-state index in [1.54, 1.807) is 19.9 Å². The minimum absolute atomic E-state index is 0.0881. The molecule has 0 atom stereocenters. The van der Waals surface area contributed by atoms with Crippen molar-refractivity contribution >= 4 is 11.9 Å². The van der Waals surface area contributed by atoms with Gasteiger partial charge in [0.2, 0.25) is 0 Å². The fraction of sp³-hybridized carbons (Fsp3) is 0.308. The number of carbonyl (C=O) groups is 2. The maximum Gasteiger partial charge on any atom is 0.341 e. The standard InChI is InChI=1S/C13H14N2O5/c1-6-5-8(15-20-6)11-10(13(17)19-4)9(7(2)14-11)12(16)18-3/h5,14H,1-4H3. The zero-order chi connectivity index (χ0) is 14.9. The summed E-state index contributed by atoms with van der Waals surface area (Å²) in [4.78, 5) is 26.7. The SMILES string of the molecule is COC(=O)c1c(C)[nH]c(-c2cc(C)on2)c1C(=O)OC. The van der Waals surface area contributed by atoms with Gasteiger partial charge in [-0.05, 0) is 13.8 Å². The minimum atomic E-state index is -0.648. The van der Waals surface area contributed by atoms with Crippen molar-refractivity contribution in [3.8, 4) is 11.4 Å². The van der Waals surface area contributed by atoms with E-state index in [4.69, 9.17) is 14.0 Å². The van der Waals surface area contributed by atoms with Gasteiger partial charge >= 0.3 is 11.9 Å². The van der Waals surface area contributed by atoms with E-state index in [0.717, 1.165) is 0 Å². The molecule has 0 bridgehead atoms. The summed E-state index contributed by atoms with van der Waals surface area (Å²) >= 11 is 0. The third-order valence-corrected chi connectivity index (χ3v) is 2.85. The van der Waals surface area contributed by atoms with Crippen molar-refractivity contribution in [2.45, 2.75) is 13.8 Å². The summed E-state index contributed by atoms with van der Waals surface area (Å²) in [5.74, 6) is -0.682. The number of methoxy groups -OCH3 is 2. The maximum atomic E-state index is 12.0. The van der Waals surface area contributed by atoms with Crippen LogP contribution in [0, 0.1) is 13.8 Å². The molecule has 7 heteroatoms. The number of H-pyrrole nitrogens is 1. The molecular formula is C13H14N2O5. The Morgan fingerprint density at radius 1 is 1.15 bits per heavy atom. The number of aromatic nitrogens is 2. The number of nitrogens with one attached hydrogen (secondary N) is 1. The summed E-state index contributed by atoms with van der Waals surface area (Å²) in [6.07, 6.45) is 0. The van der Waals surface area contributed by atoms with E-state index in [1.165, 1.54) is 14.2 Å². The summed E-state index contributed by atoms with van der Waals surface area (Å²) in [7, 11) is 2.49. The first-order valence-electron chi connectivity index (χ1n) is 5.82. The molecule has 0 saturated carbocycles. The van der Waals surface area contributed by atoms with E-state index in [2.05, 4.69) is 10.1 Å². The molecule has 0 saturated heterocycles. The molecule has 0 spiro atoms. The number of aromatic amines is 1. The van der Waals surface area contributed by atoms with Crippen LogP contribution in [0.2, 0.25) is 0 Å². The number of hydrogen-bond donors (Lipinski definition) is 1. The van der Waals surface area contributed by atoms with Crippen molar-refractivity contribution in [1.29, 1.82) is 0 Å². The fourth-order valence-corrected chi connectivity index (χ4v) is 1.96. The first-order valence-corrected chi connectivity index (χ1v) is 5.82. The minimum Gasteiger partial charge on any atom is -0.465 e. The zero-order valence-corrected chi connectivity index (χ0v) is 11.6. The molecule has 0 amide bonds. The smallest absolute Gasteiger partial charge is 0.341 e. The van der Waals surface area contributed by atoms with Crippen molar-refractivity contribution < 1.29 is 23.6 Å². The van der Waals surface area contributed by atoms with Gasteiger partial charge in [-0.3, -0.25) is 0 Å². The van der Waals surface area contributed by atoms with Gasteiger partial charge in [0.25, 0.3) is 0 Å². The third-order valence-electron chi connectivity index (χ3n) is 2.85. The maximum absolute atomic E-state index is 12.0. The molecule has 0 fully saturated rings. The predicted molar refractivity (Wildman–Crippen MR) is 68.4 cm³/mol. The monoisotopic (exact) mass is 278 g/mol. The molecule has 0 unspecified atom stereocenters. The van der Waals surface area contributed by atoms with Crippen molar-refractivity contribution in [3.63, 3.8) is 0 Å². The Kier molecular flexibility index (Phi) is 3.60. The van der Waals surface area contributed by atoms with E-state index in [9.17, 15) is 9.59 Å². The van der Waals surface area contributed by atoms with Gasteiger partial charge in [-0.15, -0.1) is 0 Å². The molecule has 0 aliphatic carbocycles.